The maximum absolute atomic E-state index is 12.8. The molecule has 0 saturated heterocycles. The number of benzene rings is 2. The van der Waals surface area contributed by atoms with Gasteiger partial charge in [-0.3, -0.25) is 0 Å². The van der Waals surface area contributed by atoms with Gasteiger partial charge in [0.2, 0.25) is 0 Å². The number of hydrogen-bond donors (Lipinski definition) is 1. The molecule has 0 bridgehead atoms. The van der Waals surface area contributed by atoms with Gasteiger partial charge in [0.05, 0.1) is 13.2 Å². The summed E-state index contributed by atoms with van der Waals surface area (Å²) in [5, 5.41) is 9.23. The summed E-state index contributed by atoms with van der Waals surface area (Å²) < 4.78 is 58.6. The molecule has 8 nitrogen and oxygen atoms in total. The molecular weight excluding hydrogens is 507 g/mol. The minimum atomic E-state index is -4.23. The number of amides is 1. The fourth-order valence-electron chi connectivity index (χ4n) is 3.40. The fourth-order valence-corrected chi connectivity index (χ4v) is 3.40. The van der Waals surface area contributed by atoms with Gasteiger partial charge in [0.25, 0.3) is 0 Å². The van der Waals surface area contributed by atoms with E-state index in [-0.39, 0.29) is 45.8 Å². The molecule has 0 spiro atoms. The summed E-state index contributed by atoms with van der Waals surface area (Å²) in [5.41, 5.74) is 1.54. The molecule has 2 rings (SSSR count). The van der Waals surface area contributed by atoms with Crippen LogP contribution in [0.3, 0.4) is 0 Å². The summed E-state index contributed by atoms with van der Waals surface area (Å²) in [6.45, 7) is 4.15. The Morgan fingerprint density at radius 1 is 1.00 bits per heavy atom. The summed E-state index contributed by atoms with van der Waals surface area (Å²) in [7, 11) is 0. The van der Waals surface area contributed by atoms with Crippen molar-refractivity contribution in [2.75, 3.05) is 39.5 Å². The van der Waals surface area contributed by atoms with Crippen molar-refractivity contribution in [1.82, 2.24) is 4.90 Å². The van der Waals surface area contributed by atoms with Crippen molar-refractivity contribution in [2.24, 2.45) is 0 Å². The second kappa shape index (κ2) is 15.8. The maximum Gasteiger partial charge on any atom is 0.415 e. The van der Waals surface area contributed by atoms with Crippen LogP contribution < -0.4 is 9.47 Å². The van der Waals surface area contributed by atoms with Crippen LogP contribution in [0.4, 0.5) is 18.0 Å². The van der Waals surface area contributed by atoms with Gasteiger partial charge in [-0.1, -0.05) is 30.3 Å². The minimum Gasteiger partial charge on any atom is -0.492 e. The molecule has 2 aromatic rings. The van der Waals surface area contributed by atoms with E-state index in [9.17, 15) is 27.9 Å². The van der Waals surface area contributed by atoms with E-state index in [0.717, 1.165) is 11.1 Å². The Labute approximate surface area is 220 Å². The number of aryl methyl sites for hydroxylation is 1. The average Bonchev–Trinajstić information content (AvgIpc) is 2.86. The molecule has 0 saturated carbocycles. The third-order valence-electron chi connectivity index (χ3n) is 5.42. The first kappa shape index (κ1) is 30.9. The summed E-state index contributed by atoms with van der Waals surface area (Å²) in [4.78, 5) is 25.4. The highest BCUT2D eigenvalue weighted by Crippen LogP contribution is 2.21. The minimum absolute atomic E-state index is 0.0417. The lowest BCUT2D eigenvalue weighted by molar-refractivity contribution is -0.150. The van der Waals surface area contributed by atoms with Gasteiger partial charge < -0.3 is 29.0 Å². The van der Waals surface area contributed by atoms with Crippen LogP contribution in [0, 0.1) is 6.92 Å². The van der Waals surface area contributed by atoms with E-state index < -0.39 is 30.8 Å². The zero-order valence-electron chi connectivity index (χ0n) is 21.5. The SMILES string of the molecule is CCOC(Cc1ccc(OCCN(CCOCCCC(F)(F)F)C(=O)Oc2ccccc2C)cc1)C(=O)O. The molecule has 2 aromatic carbocycles. The first-order valence-electron chi connectivity index (χ1n) is 12.3. The molecule has 1 unspecified atom stereocenters. The Morgan fingerprint density at radius 2 is 1.68 bits per heavy atom. The van der Waals surface area contributed by atoms with Crippen LogP contribution in [-0.2, 0) is 20.7 Å². The quantitative estimate of drug-likeness (QED) is 0.290. The first-order valence-corrected chi connectivity index (χ1v) is 12.3. The average molecular weight is 542 g/mol. The van der Waals surface area contributed by atoms with Crippen molar-refractivity contribution < 1.29 is 46.8 Å². The van der Waals surface area contributed by atoms with Gasteiger partial charge in [0, 0.05) is 32.6 Å². The normalized spacial score (nSPS) is 12.1. The van der Waals surface area contributed by atoms with Crippen LogP contribution >= 0.6 is 0 Å². The highest BCUT2D eigenvalue weighted by atomic mass is 19.4. The number of carboxylic acids is 1. The number of alkyl halides is 3. The summed E-state index contributed by atoms with van der Waals surface area (Å²) in [6.07, 6.45) is -6.67. The standard InChI is InChI=1S/C27H34F3NO7/c1-3-36-24(25(32)33)19-21-9-11-22(12-10-21)37-18-15-31(14-17-35-16-6-13-27(28,29)30)26(34)38-23-8-5-4-7-20(23)2/h4-5,7-12,24H,3,6,13-19H2,1-2H3,(H,32,33). The maximum atomic E-state index is 12.8. The number of para-hydroxylation sites is 1. The molecule has 0 aliphatic rings. The third-order valence-corrected chi connectivity index (χ3v) is 5.42. The lowest BCUT2D eigenvalue weighted by atomic mass is 10.1. The molecule has 0 aromatic heterocycles. The van der Waals surface area contributed by atoms with E-state index in [4.69, 9.17) is 18.9 Å². The Hall–Kier alpha value is -3.31. The van der Waals surface area contributed by atoms with E-state index in [1.165, 1.54) is 4.90 Å². The molecule has 0 aliphatic heterocycles. The topological polar surface area (TPSA) is 94.5 Å². The monoisotopic (exact) mass is 541 g/mol. The molecule has 0 heterocycles. The molecule has 38 heavy (non-hydrogen) atoms. The molecule has 210 valence electrons. The number of carbonyl (C=O) groups excluding carboxylic acids is 1. The van der Waals surface area contributed by atoms with Gasteiger partial charge in [-0.2, -0.15) is 13.2 Å². The predicted molar refractivity (Wildman–Crippen MR) is 134 cm³/mol. The van der Waals surface area contributed by atoms with Crippen LogP contribution in [-0.4, -0.2) is 73.9 Å². The van der Waals surface area contributed by atoms with Crippen molar-refractivity contribution in [3.63, 3.8) is 0 Å². The van der Waals surface area contributed by atoms with Crippen LogP contribution in [0.15, 0.2) is 48.5 Å². The van der Waals surface area contributed by atoms with E-state index in [0.29, 0.717) is 18.1 Å². The zero-order valence-corrected chi connectivity index (χ0v) is 21.5. The lowest BCUT2D eigenvalue weighted by Crippen LogP contribution is -2.39. The summed E-state index contributed by atoms with van der Waals surface area (Å²) in [5.74, 6) is -0.112. The van der Waals surface area contributed by atoms with Crippen molar-refractivity contribution in [3.05, 3.63) is 59.7 Å². The zero-order chi connectivity index (χ0) is 28.0. The second-order valence-electron chi connectivity index (χ2n) is 8.43. The van der Waals surface area contributed by atoms with Gasteiger partial charge in [-0.25, -0.2) is 9.59 Å². The highest BCUT2D eigenvalue weighted by Gasteiger charge is 2.26. The largest absolute Gasteiger partial charge is 0.492 e. The molecule has 0 radical (unpaired) electrons. The van der Waals surface area contributed by atoms with Crippen molar-refractivity contribution in [2.45, 2.75) is 45.4 Å². The van der Waals surface area contributed by atoms with E-state index in [1.54, 1.807) is 56.3 Å². The first-order chi connectivity index (χ1) is 18.1. The number of carbonyl (C=O) groups is 2. The van der Waals surface area contributed by atoms with E-state index in [1.807, 2.05) is 6.07 Å². The predicted octanol–water partition coefficient (Wildman–Crippen LogP) is 5.27. The number of ether oxygens (including phenoxy) is 4. The molecule has 1 N–H and O–H groups in total. The molecule has 1 amide bonds. The number of halogens is 3. The number of carboxylic acid groups (broad SMARTS) is 1. The van der Waals surface area contributed by atoms with Crippen molar-refractivity contribution in [1.29, 1.82) is 0 Å². The summed E-state index contributed by atoms with van der Waals surface area (Å²) >= 11 is 0. The number of nitrogens with zero attached hydrogens (tertiary/aromatic N) is 1. The van der Waals surface area contributed by atoms with Crippen molar-refractivity contribution in [3.8, 4) is 11.5 Å². The Balaban J connectivity index is 1.90. The van der Waals surface area contributed by atoms with Crippen LogP contribution in [0.1, 0.15) is 30.9 Å². The number of aliphatic carboxylic acids is 1. The van der Waals surface area contributed by atoms with E-state index >= 15 is 0 Å². The molecule has 0 aliphatic carbocycles. The highest BCUT2D eigenvalue weighted by molar-refractivity contribution is 5.72. The molecule has 11 heteroatoms. The third kappa shape index (κ3) is 11.8. The lowest BCUT2D eigenvalue weighted by Gasteiger charge is -2.22. The summed E-state index contributed by atoms with van der Waals surface area (Å²) in [6, 6.07) is 13.9. The van der Waals surface area contributed by atoms with Gasteiger partial charge in [0.15, 0.2) is 6.10 Å². The Morgan fingerprint density at radius 3 is 2.32 bits per heavy atom. The van der Waals surface area contributed by atoms with Crippen LogP contribution in [0.25, 0.3) is 0 Å². The molecule has 0 fully saturated rings. The molecular formula is C27H34F3NO7. The smallest absolute Gasteiger partial charge is 0.415 e. The van der Waals surface area contributed by atoms with Crippen LogP contribution in [0.5, 0.6) is 11.5 Å². The molecule has 1 atom stereocenters. The van der Waals surface area contributed by atoms with Gasteiger partial charge >= 0.3 is 18.2 Å². The fraction of sp³-hybridized carbons (Fsp3) is 0.481. The Kier molecular flexibility index (Phi) is 12.9. The van der Waals surface area contributed by atoms with Gasteiger partial charge in [-0.15, -0.1) is 0 Å². The van der Waals surface area contributed by atoms with Crippen LogP contribution in [0.2, 0.25) is 0 Å². The van der Waals surface area contributed by atoms with Crippen molar-refractivity contribution >= 4 is 12.1 Å². The van der Waals surface area contributed by atoms with E-state index in [2.05, 4.69) is 0 Å². The van der Waals surface area contributed by atoms with Gasteiger partial charge in [0.1, 0.15) is 18.1 Å². The Bertz CT molecular complexity index is 999. The second-order valence-corrected chi connectivity index (χ2v) is 8.43. The number of rotatable bonds is 16. The van der Waals surface area contributed by atoms with Gasteiger partial charge in [-0.05, 0) is 49.6 Å². The number of hydrogen-bond acceptors (Lipinski definition) is 6.